The summed E-state index contributed by atoms with van der Waals surface area (Å²) in [5.41, 5.74) is 0. The van der Waals surface area contributed by atoms with Crippen molar-refractivity contribution in [3.05, 3.63) is 20.6 Å². The summed E-state index contributed by atoms with van der Waals surface area (Å²) in [6.07, 6.45) is 1.42. The summed E-state index contributed by atoms with van der Waals surface area (Å²) >= 11 is 18.9. The zero-order valence-corrected chi connectivity index (χ0v) is 7.52. The summed E-state index contributed by atoms with van der Waals surface area (Å²) in [6, 6.07) is 0. The first-order valence-corrected chi connectivity index (χ1v) is 3.70. The number of hydrogen-bond donors (Lipinski definition) is 0. The first kappa shape index (κ1) is 8.83. The minimum absolute atomic E-state index is 0.144. The van der Waals surface area contributed by atoms with Crippen LogP contribution in [0.1, 0.15) is 0 Å². The largest absolute Gasteiger partial charge is 0.108 e. The molecule has 0 atom stereocenters. The van der Waals surface area contributed by atoms with Gasteiger partial charge in [0.2, 0.25) is 0 Å². The molecule has 0 aromatic heterocycles. The topological polar surface area (TPSA) is 0 Å². The molecular weight excluding hydrogens is 234 g/mol. The lowest BCUT2D eigenvalue weighted by molar-refractivity contribution is 1.96. The lowest BCUT2D eigenvalue weighted by Gasteiger charge is -1.81. The van der Waals surface area contributed by atoms with Crippen LogP contribution >= 0.6 is 50.7 Å². The van der Waals surface area contributed by atoms with Crippen molar-refractivity contribution >= 4 is 50.7 Å². The lowest BCUT2D eigenvalue weighted by Crippen LogP contribution is -1.56. The number of rotatable bonds is 1. The van der Waals surface area contributed by atoms with E-state index in [4.69, 9.17) is 34.8 Å². The Morgan fingerprint density at radius 2 is 1.75 bits per heavy atom. The van der Waals surface area contributed by atoms with E-state index >= 15 is 0 Å². The maximum absolute atomic E-state index is 5.43. The normalized spacial score (nSPS) is 11.2. The van der Waals surface area contributed by atoms with Crippen LogP contribution in [-0.4, -0.2) is 0 Å². The van der Waals surface area contributed by atoms with Gasteiger partial charge in [-0.05, 0) is 11.1 Å². The fourth-order valence-corrected chi connectivity index (χ4v) is 0.724. The fourth-order valence-electron chi connectivity index (χ4n) is 0.136. The summed E-state index contributed by atoms with van der Waals surface area (Å²) in [6.45, 7) is 0. The maximum Gasteiger partial charge on any atom is 0.108 e. The molecule has 8 heavy (non-hydrogen) atoms. The third kappa shape index (κ3) is 4.98. The molecule has 4 heteroatoms. The highest BCUT2D eigenvalue weighted by molar-refractivity contribution is 9.11. The molecule has 0 aliphatic heterocycles. The van der Waals surface area contributed by atoms with Crippen molar-refractivity contribution in [2.75, 3.05) is 0 Å². The maximum atomic E-state index is 5.43. The van der Waals surface area contributed by atoms with Crippen LogP contribution in [0.2, 0.25) is 0 Å². The van der Waals surface area contributed by atoms with Crippen molar-refractivity contribution in [1.82, 2.24) is 0 Å². The highest BCUT2D eigenvalue weighted by Gasteiger charge is 1.84. The molecule has 0 aliphatic carbocycles. The van der Waals surface area contributed by atoms with Crippen LogP contribution < -0.4 is 0 Å². The Labute approximate surface area is 71.2 Å². The second-order valence-electron chi connectivity index (χ2n) is 0.928. The molecule has 0 heterocycles. The van der Waals surface area contributed by atoms with Gasteiger partial charge in [0, 0.05) is 5.03 Å². The van der Waals surface area contributed by atoms with E-state index in [0.717, 1.165) is 0 Å². The summed E-state index contributed by atoms with van der Waals surface area (Å²) < 4.78 is 0.144. The van der Waals surface area contributed by atoms with Crippen molar-refractivity contribution < 1.29 is 0 Å². The molecule has 0 aromatic carbocycles. The molecule has 0 fully saturated rings. The van der Waals surface area contributed by atoms with Gasteiger partial charge in [-0.25, -0.2) is 0 Å². The first-order valence-electron chi connectivity index (χ1n) is 1.65. The molecule has 0 radical (unpaired) electrons. The summed E-state index contributed by atoms with van der Waals surface area (Å²) in [5.74, 6) is 0. The Morgan fingerprint density at radius 3 is 1.88 bits per heavy atom. The van der Waals surface area contributed by atoms with E-state index in [0.29, 0.717) is 5.03 Å². The second kappa shape index (κ2) is 4.68. The molecule has 0 N–H and O–H groups in total. The molecule has 0 bridgehead atoms. The molecule has 0 aliphatic rings. The Balaban J connectivity index is 3.89. The van der Waals surface area contributed by atoms with E-state index in [1.807, 2.05) is 0 Å². The third-order valence-electron chi connectivity index (χ3n) is 0.351. The zero-order chi connectivity index (χ0) is 6.57. The molecule has 0 saturated carbocycles. The molecule has 0 rings (SSSR count). The average molecular weight is 236 g/mol. The van der Waals surface area contributed by atoms with E-state index in [-0.39, 0.29) is 4.49 Å². The number of allylic oxidation sites excluding steroid dienone is 2. The molecule has 0 unspecified atom stereocenters. The van der Waals surface area contributed by atoms with Crippen molar-refractivity contribution in [2.24, 2.45) is 0 Å². The molecule has 0 amide bonds. The average Bonchev–Trinajstić information content (AvgIpc) is 1.65. The predicted octanol–water partition coefficient (Wildman–Crippen LogP) is 3.78. The van der Waals surface area contributed by atoms with Gasteiger partial charge in [0.05, 0.1) is 0 Å². The zero-order valence-electron chi connectivity index (χ0n) is 3.67. The van der Waals surface area contributed by atoms with Crippen LogP contribution in [0, 0.1) is 0 Å². The second-order valence-corrected chi connectivity index (χ2v) is 2.83. The highest BCUT2D eigenvalue weighted by atomic mass is 79.9. The standard InChI is InChI=1S/C4H2BrCl3/c5-2-3(6)1-4(7)8/h1-2H. The Bertz CT molecular complexity index is 123. The van der Waals surface area contributed by atoms with Crippen molar-refractivity contribution in [3.8, 4) is 0 Å². The Kier molecular flexibility index (Phi) is 5.17. The van der Waals surface area contributed by atoms with Crippen LogP contribution in [0.15, 0.2) is 20.6 Å². The quantitative estimate of drug-likeness (QED) is 0.608. The van der Waals surface area contributed by atoms with Crippen molar-refractivity contribution in [1.29, 1.82) is 0 Å². The van der Waals surface area contributed by atoms with Crippen LogP contribution in [-0.2, 0) is 0 Å². The van der Waals surface area contributed by atoms with Gasteiger partial charge >= 0.3 is 0 Å². The summed E-state index contributed by atoms with van der Waals surface area (Å²) in [5, 5.41) is 0.463. The van der Waals surface area contributed by atoms with E-state index in [9.17, 15) is 0 Å². The van der Waals surface area contributed by atoms with Gasteiger partial charge in [-0.15, -0.1) is 0 Å². The molecule has 0 spiro atoms. The molecule has 0 saturated heterocycles. The fraction of sp³-hybridized carbons (Fsp3) is 0. The van der Waals surface area contributed by atoms with Gasteiger partial charge in [0.25, 0.3) is 0 Å². The van der Waals surface area contributed by atoms with Crippen LogP contribution in [0.25, 0.3) is 0 Å². The first-order chi connectivity index (χ1) is 3.66. The molecule has 0 nitrogen and oxygen atoms in total. The highest BCUT2D eigenvalue weighted by Crippen LogP contribution is 2.14. The molecule has 0 aromatic rings. The minimum atomic E-state index is 0.144. The van der Waals surface area contributed by atoms with Gasteiger partial charge in [-0.3, -0.25) is 0 Å². The van der Waals surface area contributed by atoms with E-state index in [1.165, 1.54) is 11.1 Å². The van der Waals surface area contributed by atoms with E-state index in [1.54, 1.807) is 0 Å². The number of halogens is 4. The van der Waals surface area contributed by atoms with E-state index in [2.05, 4.69) is 15.9 Å². The van der Waals surface area contributed by atoms with Crippen molar-refractivity contribution in [3.63, 3.8) is 0 Å². The SMILES string of the molecule is ClC(Cl)=CC(Cl)=CBr. The van der Waals surface area contributed by atoms with Crippen LogP contribution in [0.3, 0.4) is 0 Å². The van der Waals surface area contributed by atoms with Gasteiger partial charge in [-0.2, -0.15) is 0 Å². The van der Waals surface area contributed by atoms with Gasteiger partial charge in [-0.1, -0.05) is 50.7 Å². The predicted molar refractivity (Wildman–Crippen MR) is 42.7 cm³/mol. The minimum Gasteiger partial charge on any atom is -0.0837 e. The van der Waals surface area contributed by atoms with Crippen LogP contribution in [0.5, 0.6) is 0 Å². The van der Waals surface area contributed by atoms with Gasteiger partial charge < -0.3 is 0 Å². The molecular formula is C4H2BrCl3. The molecule has 46 valence electrons. The Morgan fingerprint density at radius 1 is 1.25 bits per heavy atom. The van der Waals surface area contributed by atoms with Crippen molar-refractivity contribution in [2.45, 2.75) is 0 Å². The smallest absolute Gasteiger partial charge is 0.0837 e. The van der Waals surface area contributed by atoms with Gasteiger partial charge in [0.15, 0.2) is 0 Å². The summed E-state index contributed by atoms with van der Waals surface area (Å²) in [7, 11) is 0. The summed E-state index contributed by atoms with van der Waals surface area (Å²) in [4.78, 5) is 1.51. The van der Waals surface area contributed by atoms with Crippen LogP contribution in [0.4, 0.5) is 0 Å². The third-order valence-corrected chi connectivity index (χ3v) is 1.54. The monoisotopic (exact) mass is 234 g/mol. The van der Waals surface area contributed by atoms with E-state index < -0.39 is 0 Å². The lowest BCUT2D eigenvalue weighted by atomic mass is 10.6. The van der Waals surface area contributed by atoms with Gasteiger partial charge in [0.1, 0.15) is 4.49 Å². The number of hydrogen-bond acceptors (Lipinski definition) is 0. The Hall–Kier alpha value is 0.830.